The Bertz CT molecular complexity index is 1380. The molecule has 0 fully saturated rings. The van der Waals surface area contributed by atoms with E-state index in [1.54, 1.807) is 6.07 Å². The molecule has 9 heteroatoms. The lowest BCUT2D eigenvalue weighted by atomic mass is 10.0. The number of anilines is 1. The van der Waals surface area contributed by atoms with Crippen molar-refractivity contribution in [3.8, 4) is 0 Å². The quantitative estimate of drug-likeness (QED) is 0.311. The van der Waals surface area contributed by atoms with Crippen LogP contribution in [0.1, 0.15) is 35.6 Å². The van der Waals surface area contributed by atoms with Gasteiger partial charge in [-0.25, -0.2) is 8.42 Å². The summed E-state index contributed by atoms with van der Waals surface area (Å²) >= 11 is 3.44. The molecule has 0 saturated heterocycles. The van der Waals surface area contributed by atoms with Gasteiger partial charge in [0.15, 0.2) is 0 Å². The lowest BCUT2D eigenvalue weighted by Crippen LogP contribution is -2.53. The molecule has 0 aliphatic rings. The van der Waals surface area contributed by atoms with Crippen LogP contribution in [0.25, 0.3) is 0 Å². The minimum absolute atomic E-state index is 0.146. The van der Waals surface area contributed by atoms with Crippen molar-refractivity contribution in [2.24, 2.45) is 0 Å². The van der Waals surface area contributed by atoms with E-state index in [1.165, 1.54) is 4.90 Å². The minimum Gasteiger partial charge on any atom is -0.354 e. The van der Waals surface area contributed by atoms with Gasteiger partial charge >= 0.3 is 0 Å². The molecule has 0 saturated carbocycles. The Labute approximate surface area is 240 Å². The van der Waals surface area contributed by atoms with Crippen LogP contribution in [0.5, 0.6) is 0 Å². The van der Waals surface area contributed by atoms with E-state index in [9.17, 15) is 18.0 Å². The topological polar surface area (TPSA) is 86.8 Å². The molecule has 7 nitrogen and oxygen atoms in total. The van der Waals surface area contributed by atoms with Crippen LogP contribution < -0.4 is 9.62 Å². The summed E-state index contributed by atoms with van der Waals surface area (Å²) in [7, 11) is -3.80. The fourth-order valence-electron chi connectivity index (χ4n) is 4.29. The summed E-state index contributed by atoms with van der Waals surface area (Å²) in [6.45, 7) is 5.85. The summed E-state index contributed by atoms with van der Waals surface area (Å²) in [5.74, 6) is -0.736. The minimum atomic E-state index is -3.80. The molecule has 0 aliphatic heterocycles. The maximum absolute atomic E-state index is 14.1. The molecule has 0 bridgehead atoms. The highest BCUT2D eigenvalue weighted by Gasteiger charge is 2.33. The van der Waals surface area contributed by atoms with Crippen molar-refractivity contribution >= 4 is 43.5 Å². The van der Waals surface area contributed by atoms with Crippen molar-refractivity contribution in [3.63, 3.8) is 0 Å². The highest BCUT2D eigenvalue weighted by Crippen LogP contribution is 2.25. The number of nitrogens with one attached hydrogen (secondary N) is 1. The Morgan fingerprint density at radius 1 is 0.949 bits per heavy atom. The number of aryl methyl sites for hydroxylation is 2. The third-order valence-corrected chi connectivity index (χ3v) is 8.05. The maximum Gasteiger partial charge on any atom is 0.244 e. The molecular formula is C30H36BrN3O4S. The molecule has 0 spiro atoms. The zero-order chi connectivity index (χ0) is 28.6. The highest BCUT2D eigenvalue weighted by molar-refractivity contribution is 9.10. The van der Waals surface area contributed by atoms with Crippen LogP contribution in [0.3, 0.4) is 0 Å². The van der Waals surface area contributed by atoms with Gasteiger partial charge in [0.05, 0.1) is 11.9 Å². The van der Waals surface area contributed by atoms with Crippen molar-refractivity contribution in [3.05, 3.63) is 99.5 Å². The van der Waals surface area contributed by atoms with Crippen LogP contribution in [0, 0.1) is 13.8 Å². The molecule has 2 amide bonds. The lowest BCUT2D eigenvalue weighted by Gasteiger charge is -2.34. The molecule has 3 aromatic rings. The van der Waals surface area contributed by atoms with E-state index in [4.69, 9.17) is 0 Å². The average Bonchev–Trinajstić information content (AvgIpc) is 2.90. The molecular weight excluding hydrogens is 578 g/mol. The van der Waals surface area contributed by atoms with E-state index < -0.39 is 28.5 Å². The van der Waals surface area contributed by atoms with Crippen LogP contribution in [-0.2, 0) is 32.6 Å². The maximum atomic E-state index is 14.1. The van der Waals surface area contributed by atoms with E-state index in [-0.39, 0.29) is 12.5 Å². The largest absolute Gasteiger partial charge is 0.354 e. The van der Waals surface area contributed by atoms with E-state index in [1.807, 2.05) is 87.5 Å². The fourth-order valence-corrected chi connectivity index (χ4v) is 5.45. The second kappa shape index (κ2) is 13.8. The van der Waals surface area contributed by atoms with Gasteiger partial charge in [0.2, 0.25) is 21.8 Å². The van der Waals surface area contributed by atoms with Crippen molar-refractivity contribution < 1.29 is 18.0 Å². The van der Waals surface area contributed by atoms with E-state index >= 15 is 0 Å². The molecule has 208 valence electrons. The molecule has 1 N–H and O–H groups in total. The Morgan fingerprint density at radius 3 is 2.23 bits per heavy atom. The van der Waals surface area contributed by atoms with Gasteiger partial charge in [-0.1, -0.05) is 77.5 Å². The summed E-state index contributed by atoms with van der Waals surface area (Å²) in [4.78, 5) is 29.1. The number of hydrogen-bond donors (Lipinski definition) is 1. The number of amides is 2. The van der Waals surface area contributed by atoms with Crippen LogP contribution in [0.2, 0.25) is 0 Å². The number of carbonyl (C=O) groups is 2. The summed E-state index contributed by atoms with van der Waals surface area (Å²) < 4.78 is 27.9. The van der Waals surface area contributed by atoms with E-state index in [0.29, 0.717) is 18.7 Å². The van der Waals surface area contributed by atoms with Crippen LogP contribution in [0.4, 0.5) is 5.69 Å². The molecule has 0 aliphatic carbocycles. The molecule has 0 heterocycles. The SMILES string of the molecule is CCCNC(=O)[C@@H](Cc1ccccc1)N(Cc1ccc(Br)cc1)C(=O)CN(c1cc(C)ccc1C)S(C)(=O)=O. The molecule has 0 unspecified atom stereocenters. The smallest absolute Gasteiger partial charge is 0.244 e. The van der Waals surface area contributed by atoms with Crippen molar-refractivity contribution in [2.45, 2.75) is 46.2 Å². The van der Waals surface area contributed by atoms with Gasteiger partial charge < -0.3 is 10.2 Å². The zero-order valence-corrected chi connectivity index (χ0v) is 25.3. The van der Waals surface area contributed by atoms with Gasteiger partial charge in [-0.2, -0.15) is 0 Å². The second-order valence-corrected chi connectivity index (χ2v) is 12.5. The van der Waals surface area contributed by atoms with Crippen LogP contribution in [-0.4, -0.2) is 50.5 Å². The number of sulfonamides is 1. The lowest BCUT2D eigenvalue weighted by molar-refractivity contribution is -0.140. The van der Waals surface area contributed by atoms with Gasteiger partial charge in [0.25, 0.3) is 0 Å². The van der Waals surface area contributed by atoms with Gasteiger partial charge in [0.1, 0.15) is 12.6 Å². The number of hydrogen-bond acceptors (Lipinski definition) is 4. The first-order chi connectivity index (χ1) is 18.5. The monoisotopic (exact) mass is 613 g/mol. The zero-order valence-electron chi connectivity index (χ0n) is 22.9. The first-order valence-corrected chi connectivity index (χ1v) is 15.5. The van der Waals surface area contributed by atoms with Gasteiger partial charge in [-0.05, 0) is 60.7 Å². The molecule has 0 radical (unpaired) electrons. The number of carbonyl (C=O) groups excluding carboxylic acids is 2. The molecule has 1 atom stereocenters. The predicted molar refractivity (Wildman–Crippen MR) is 160 cm³/mol. The average molecular weight is 615 g/mol. The Hall–Kier alpha value is -3.17. The molecule has 39 heavy (non-hydrogen) atoms. The van der Waals surface area contributed by atoms with Crippen LogP contribution in [0.15, 0.2) is 77.3 Å². The Morgan fingerprint density at radius 2 is 1.62 bits per heavy atom. The van der Waals surface area contributed by atoms with Crippen molar-refractivity contribution in [1.29, 1.82) is 0 Å². The summed E-state index contributed by atoms with van der Waals surface area (Å²) in [5, 5.41) is 2.94. The Balaban J connectivity index is 2.06. The summed E-state index contributed by atoms with van der Waals surface area (Å²) in [5.41, 5.74) is 3.79. The van der Waals surface area contributed by atoms with Gasteiger partial charge in [0, 0.05) is 24.0 Å². The summed E-state index contributed by atoms with van der Waals surface area (Å²) in [6, 6.07) is 21.7. The van der Waals surface area contributed by atoms with E-state index in [0.717, 1.165) is 43.7 Å². The molecule has 3 aromatic carbocycles. The van der Waals surface area contributed by atoms with Crippen molar-refractivity contribution in [1.82, 2.24) is 10.2 Å². The number of rotatable bonds is 12. The normalized spacial score (nSPS) is 12.0. The molecule has 3 rings (SSSR count). The Kier molecular flexibility index (Phi) is 10.7. The number of benzene rings is 3. The third-order valence-electron chi connectivity index (χ3n) is 6.40. The van der Waals surface area contributed by atoms with Crippen LogP contribution >= 0.6 is 15.9 Å². The van der Waals surface area contributed by atoms with E-state index in [2.05, 4.69) is 21.2 Å². The summed E-state index contributed by atoms with van der Waals surface area (Å²) in [6.07, 6.45) is 2.14. The first kappa shape index (κ1) is 30.4. The van der Waals surface area contributed by atoms with Gasteiger partial charge in [-0.15, -0.1) is 0 Å². The highest BCUT2D eigenvalue weighted by atomic mass is 79.9. The fraction of sp³-hybridized carbons (Fsp3) is 0.333. The molecule has 0 aromatic heterocycles. The standard InChI is InChI=1S/C30H36BrN3O4S/c1-5-17-32-30(36)28(19-24-9-7-6-8-10-24)33(20-25-13-15-26(31)16-14-25)29(35)21-34(39(4,37)38)27-18-22(2)11-12-23(27)3/h6-16,18,28H,5,17,19-21H2,1-4H3,(H,32,36)/t28-/m1/s1. The second-order valence-electron chi connectivity index (χ2n) is 9.70. The van der Waals surface area contributed by atoms with Gasteiger partial charge in [-0.3, -0.25) is 13.9 Å². The third kappa shape index (κ3) is 8.66. The number of nitrogens with zero attached hydrogens (tertiary/aromatic N) is 2. The predicted octanol–water partition coefficient (Wildman–Crippen LogP) is 5.00. The number of halogens is 1. The van der Waals surface area contributed by atoms with Crippen molar-refractivity contribution in [2.75, 3.05) is 23.7 Å². The first-order valence-electron chi connectivity index (χ1n) is 12.9.